The number of nitrogens with zero attached hydrogens (tertiary/aromatic N) is 2. The molecule has 0 aliphatic rings. The highest BCUT2D eigenvalue weighted by atomic mass is 16.5. The van der Waals surface area contributed by atoms with Crippen molar-refractivity contribution in [3.8, 4) is 0 Å². The van der Waals surface area contributed by atoms with Crippen LogP contribution in [0.1, 0.15) is 33.4 Å². The van der Waals surface area contributed by atoms with E-state index in [1.807, 2.05) is 60.7 Å². The monoisotopic (exact) mass is 400 g/mol. The van der Waals surface area contributed by atoms with Crippen molar-refractivity contribution >= 4 is 23.2 Å². The SMILES string of the molecule is COC(=Nc1c(C)c(C)c(N=C(OC)c2ccccc2)c(C)c1C)c1ccccc1. The number of aliphatic imine (C=N–C) groups is 2. The Balaban J connectivity index is 2.15. The Hall–Kier alpha value is -3.40. The van der Waals surface area contributed by atoms with E-state index in [2.05, 4.69) is 27.7 Å². The van der Waals surface area contributed by atoms with Gasteiger partial charge in [-0.25, -0.2) is 9.98 Å². The minimum atomic E-state index is 0.596. The van der Waals surface area contributed by atoms with Gasteiger partial charge in [-0.1, -0.05) is 36.4 Å². The maximum atomic E-state index is 5.60. The van der Waals surface area contributed by atoms with Crippen LogP contribution in [0.25, 0.3) is 0 Å². The molecule has 0 bridgehead atoms. The summed E-state index contributed by atoms with van der Waals surface area (Å²) in [6, 6.07) is 19.9. The first-order valence-corrected chi connectivity index (χ1v) is 9.94. The summed E-state index contributed by atoms with van der Waals surface area (Å²) in [6.07, 6.45) is 0. The molecule has 30 heavy (non-hydrogen) atoms. The van der Waals surface area contributed by atoms with Gasteiger partial charge in [-0.05, 0) is 74.2 Å². The van der Waals surface area contributed by atoms with Crippen LogP contribution in [0.2, 0.25) is 0 Å². The molecule has 0 N–H and O–H groups in total. The predicted octanol–water partition coefficient (Wildman–Crippen LogP) is 6.37. The summed E-state index contributed by atoms with van der Waals surface area (Å²) in [5, 5.41) is 0. The lowest BCUT2D eigenvalue weighted by Gasteiger charge is -2.17. The quantitative estimate of drug-likeness (QED) is 0.377. The van der Waals surface area contributed by atoms with Crippen LogP contribution >= 0.6 is 0 Å². The molecule has 4 nitrogen and oxygen atoms in total. The van der Waals surface area contributed by atoms with Crippen LogP contribution < -0.4 is 0 Å². The Morgan fingerprint density at radius 2 is 0.833 bits per heavy atom. The average molecular weight is 401 g/mol. The van der Waals surface area contributed by atoms with E-state index in [-0.39, 0.29) is 0 Å². The maximum absolute atomic E-state index is 5.60. The molecule has 0 saturated carbocycles. The third-order valence-electron chi connectivity index (χ3n) is 5.40. The normalized spacial score (nSPS) is 12.1. The van der Waals surface area contributed by atoms with Gasteiger partial charge in [0.2, 0.25) is 11.8 Å². The second kappa shape index (κ2) is 9.40. The Kier molecular flexibility index (Phi) is 6.68. The highest BCUT2D eigenvalue weighted by Crippen LogP contribution is 2.38. The Labute approximate surface area is 178 Å². The van der Waals surface area contributed by atoms with E-state index in [1.54, 1.807) is 14.2 Å². The lowest BCUT2D eigenvalue weighted by atomic mass is 9.96. The zero-order valence-electron chi connectivity index (χ0n) is 18.5. The molecule has 154 valence electrons. The molecule has 0 unspecified atom stereocenters. The van der Waals surface area contributed by atoms with Crippen LogP contribution in [-0.2, 0) is 9.47 Å². The van der Waals surface area contributed by atoms with Gasteiger partial charge in [0, 0.05) is 11.1 Å². The number of ether oxygens (including phenoxy) is 2. The third-order valence-corrected chi connectivity index (χ3v) is 5.40. The third kappa shape index (κ3) is 4.28. The molecule has 0 amide bonds. The van der Waals surface area contributed by atoms with E-state index in [4.69, 9.17) is 19.5 Å². The molecule has 0 spiro atoms. The van der Waals surface area contributed by atoms with Crippen molar-refractivity contribution in [2.45, 2.75) is 27.7 Å². The molecule has 4 heteroatoms. The van der Waals surface area contributed by atoms with Gasteiger partial charge in [0.1, 0.15) is 0 Å². The first-order chi connectivity index (χ1) is 14.5. The molecular formula is C26H28N2O2. The summed E-state index contributed by atoms with van der Waals surface area (Å²) in [4.78, 5) is 9.76. The van der Waals surface area contributed by atoms with Crippen LogP contribution in [0.15, 0.2) is 70.6 Å². The van der Waals surface area contributed by atoms with Crippen molar-refractivity contribution in [2.24, 2.45) is 9.98 Å². The summed E-state index contributed by atoms with van der Waals surface area (Å²) < 4.78 is 11.2. The van der Waals surface area contributed by atoms with Crippen LogP contribution in [0.5, 0.6) is 0 Å². The summed E-state index contributed by atoms with van der Waals surface area (Å²) in [5.41, 5.74) is 8.03. The van der Waals surface area contributed by atoms with Crippen LogP contribution in [0.3, 0.4) is 0 Å². The molecule has 0 atom stereocenters. The van der Waals surface area contributed by atoms with E-state index in [9.17, 15) is 0 Å². The summed E-state index contributed by atoms with van der Waals surface area (Å²) >= 11 is 0. The Morgan fingerprint density at radius 1 is 0.533 bits per heavy atom. The predicted molar refractivity (Wildman–Crippen MR) is 125 cm³/mol. The summed E-state index contributed by atoms with van der Waals surface area (Å²) in [7, 11) is 3.30. The van der Waals surface area contributed by atoms with Crippen molar-refractivity contribution in [1.82, 2.24) is 0 Å². The standard InChI is InChI=1S/C26H28N2O2/c1-17-18(2)24(28-26(30-6)22-15-11-8-12-16-22)20(4)19(3)23(17)27-25(29-5)21-13-9-7-10-14-21/h7-16H,1-6H3. The van der Waals surface area contributed by atoms with E-state index < -0.39 is 0 Å². The number of benzene rings is 3. The Morgan fingerprint density at radius 3 is 1.10 bits per heavy atom. The molecule has 3 aromatic rings. The Bertz CT molecular complexity index is 968. The van der Waals surface area contributed by atoms with Crippen molar-refractivity contribution < 1.29 is 9.47 Å². The van der Waals surface area contributed by atoms with Crippen LogP contribution in [-0.4, -0.2) is 26.0 Å². The van der Waals surface area contributed by atoms with Crippen LogP contribution in [0, 0.1) is 27.7 Å². The minimum absolute atomic E-state index is 0.596. The summed E-state index contributed by atoms with van der Waals surface area (Å²) in [6.45, 7) is 8.31. The van der Waals surface area contributed by atoms with E-state index >= 15 is 0 Å². The summed E-state index contributed by atoms with van der Waals surface area (Å²) in [5.74, 6) is 1.19. The molecular weight excluding hydrogens is 372 g/mol. The molecule has 0 aliphatic heterocycles. The van der Waals surface area contributed by atoms with E-state index in [1.165, 1.54) is 0 Å². The van der Waals surface area contributed by atoms with Crippen molar-refractivity contribution in [1.29, 1.82) is 0 Å². The number of rotatable bonds is 4. The van der Waals surface area contributed by atoms with Crippen molar-refractivity contribution in [2.75, 3.05) is 14.2 Å². The molecule has 0 heterocycles. The van der Waals surface area contributed by atoms with Gasteiger partial charge >= 0.3 is 0 Å². The lowest BCUT2D eigenvalue weighted by molar-refractivity contribution is 0.404. The highest BCUT2D eigenvalue weighted by molar-refractivity contribution is 5.98. The lowest BCUT2D eigenvalue weighted by Crippen LogP contribution is -2.05. The van der Waals surface area contributed by atoms with Gasteiger partial charge in [0.15, 0.2) is 0 Å². The maximum Gasteiger partial charge on any atom is 0.221 e. The molecule has 0 radical (unpaired) electrons. The molecule has 3 aromatic carbocycles. The fourth-order valence-corrected chi connectivity index (χ4v) is 3.43. The minimum Gasteiger partial charge on any atom is -0.481 e. The largest absolute Gasteiger partial charge is 0.481 e. The average Bonchev–Trinajstić information content (AvgIpc) is 2.79. The molecule has 0 aliphatic carbocycles. The second-order valence-electron chi connectivity index (χ2n) is 7.17. The van der Waals surface area contributed by atoms with Crippen LogP contribution in [0.4, 0.5) is 11.4 Å². The van der Waals surface area contributed by atoms with Gasteiger partial charge in [-0.3, -0.25) is 0 Å². The van der Waals surface area contributed by atoms with Gasteiger partial charge < -0.3 is 9.47 Å². The first-order valence-electron chi connectivity index (χ1n) is 9.94. The first kappa shape index (κ1) is 21.3. The van der Waals surface area contributed by atoms with E-state index in [0.29, 0.717) is 11.8 Å². The topological polar surface area (TPSA) is 43.2 Å². The molecule has 0 fully saturated rings. The van der Waals surface area contributed by atoms with E-state index in [0.717, 1.165) is 44.8 Å². The molecule has 0 aromatic heterocycles. The molecule has 3 rings (SSSR count). The van der Waals surface area contributed by atoms with Crippen molar-refractivity contribution in [3.63, 3.8) is 0 Å². The van der Waals surface area contributed by atoms with Gasteiger partial charge in [0.25, 0.3) is 0 Å². The number of hydrogen-bond acceptors (Lipinski definition) is 4. The van der Waals surface area contributed by atoms with Gasteiger partial charge in [0.05, 0.1) is 25.6 Å². The van der Waals surface area contributed by atoms with Crippen molar-refractivity contribution in [3.05, 3.63) is 94.0 Å². The fourth-order valence-electron chi connectivity index (χ4n) is 3.43. The zero-order valence-corrected chi connectivity index (χ0v) is 18.5. The fraction of sp³-hybridized carbons (Fsp3) is 0.231. The molecule has 0 saturated heterocycles. The number of hydrogen-bond donors (Lipinski definition) is 0. The second-order valence-corrected chi connectivity index (χ2v) is 7.17. The number of methoxy groups -OCH3 is 2. The van der Waals surface area contributed by atoms with Gasteiger partial charge in [-0.2, -0.15) is 0 Å². The smallest absolute Gasteiger partial charge is 0.221 e. The highest BCUT2D eigenvalue weighted by Gasteiger charge is 2.17. The van der Waals surface area contributed by atoms with Gasteiger partial charge in [-0.15, -0.1) is 0 Å². The zero-order chi connectivity index (χ0) is 21.7.